The zero-order valence-corrected chi connectivity index (χ0v) is 18.8. The molecule has 0 saturated carbocycles. The predicted octanol–water partition coefficient (Wildman–Crippen LogP) is 4.81. The molecule has 0 N–H and O–H groups in total. The number of aryl methyl sites for hydroxylation is 2. The highest BCUT2D eigenvalue weighted by Crippen LogP contribution is 2.32. The number of para-hydroxylation sites is 1. The number of likely N-dealkylation sites (N-methyl/N-ethyl adjacent to an activating group) is 1. The minimum atomic E-state index is -0.480. The molecule has 0 bridgehead atoms. The number of benzene rings is 2. The zero-order chi connectivity index (χ0) is 21.7. The summed E-state index contributed by atoms with van der Waals surface area (Å²) >= 11 is 1.49. The van der Waals surface area contributed by atoms with Crippen LogP contribution in [-0.4, -0.2) is 48.6 Å². The lowest BCUT2D eigenvalue weighted by molar-refractivity contribution is -0.120. The quantitative estimate of drug-likeness (QED) is 0.490. The van der Waals surface area contributed by atoms with Gasteiger partial charge in [-0.15, -0.1) is 0 Å². The summed E-state index contributed by atoms with van der Waals surface area (Å²) in [6.07, 6.45) is 0. The van der Waals surface area contributed by atoms with Gasteiger partial charge in [0.05, 0.1) is 10.2 Å². The van der Waals surface area contributed by atoms with E-state index in [9.17, 15) is 9.18 Å². The first-order valence-corrected chi connectivity index (χ1v) is 11.0. The normalized spacial score (nSPS) is 11.3. The van der Waals surface area contributed by atoms with Crippen LogP contribution in [0.3, 0.4) is 0 Å². The number of halogens is 1. The third-order valence-corrected chi connectivity index (χ3v) is 6.37. The van der Waals surface area contributed by atoms with Gasteiger partial charge in [-0.05, 0) is 56.3 Å². The molecule has 0 radical (unpaired) electrons. The Morgan fingerprint density at radius 2 is 1.83 bits per heavy atom. The minimum Gasteiger partial charge on any atom is -0.481 e. The van der Waals surface area contributed by atoms with Gasteiger partial charge in [0.1, 0.15) is 0 Å². The maximum Gasteiger partial charge on any atom is 0.266 e. The van der Waals surface area contributed by atoms with Crippen molar-refractivity contribution in [1.82, 2.24) is 9.88 Å². The Bertz CT molecular complexity index is 1020. The summed E-state index contributed by atoms with van der Waals surface area (Å²) in [5.74, 6) is -0.643. The van der Waals surface area contributed by atoms with E-state index in [1.54, 1.807) is 17.0 Å². The number of rotatable bonds is 9. The molecule has 30 heavy (non-hydrogen) atoms. The Kier molecular flexibility index (Phi) is 7.39. The van der Waals surface area contributed by atoms with E-state index in [0.29, 0.717) is 11.7 Å². The monoisotopic (exact) mass is 429 g/mol. The van der Waals surface area contributed by atoms with Gasteiger partial charge in [-0.25, -0.2) is 9.37 Å². The van der Waals surface area contributed by atoms with Gasteiger partial charge in [-0.3, -0.25) is 9.69 Å². The Morgan fingerprint density at radius 3 is 2.53 bits per heavy atom. The van der Waals surface area contributed by atoms with Crippen molar-refractivity contribution in [3.63, 3.8) is 0 Å². The average Bonchev–Trinajstić information content (AvgIpc) is 3.18. The molecular formula is C23H28FN3O2S. The van der Waals surface area contributed by atoms with Crippen LogP contribution >= 0.6 is 11.3 Å². The van der Waals surface area contributed by atoms with Crippen LogP contribution in [0, 0.1) is 19.7 Å². The van der Waals surface area contributed by atoms with Crippen LogP contribution in [0.2, 0.25) is 0 Å². The van der Waals surface area contributed by atoms with Gasteiger partial charge in [0, 0.05) is 13.1 Å². The standard InChI is InChI=1S/C23H28FN3O2S/c1-5-26(6-2)13-14-27(21(28)15-29-19-10-8-7-9-18(19)24)23-25-22-17(4)16(3)11-12-20(22)30-23/h7-12H,5-6,13-15H2,1-4H3. The Balaban J connectivity index is 1.85. The molecule has 1 aromatic heterocycles. The Labute approximate surface area is 181 Å². The first-order valence-electron chi connectivity index (χ1n) is 10.2. The number of anilines is 1. The Morgan fingerprint density at radius 1 is 1.10 bits per heavy atom. The minimum absolute atomic E-state index is 0.0744. The number of nitrogens with zero attached hydrogens (tertiary/aromatic N) is 3. The van der Waals surface area contributed by atoms with Crippen molar-refractivity contribution in [2.45, 2.75) is 27.7 Å². The van der Waals surface area contributed by atoms with E-state index in [0.717, 1.165) is 35.4 Å². The second-order valence-corrected chi connectivity index (χ2v) is 8.15. The number of aromatic nitrogens is 1. The molecule has 0 aliphatic heterocycles. The molecule has 0 aliphatic rings. The van der Waals surface area contributed by atoms with E-state index in [2.05, 4.69) is 31.7 Å². The molecule has 0 aliphatic carbocycles. The largest absolute Gasteiger partial charge is 0.481 e. The molecule has 0 fully saturated rings. The fourth-order valence-electron chi connectivity index (χ4n) is 3.22. The van der Waals surface area contributed by atoms with Gasteiger partial charge < -0.3 is 9.64 Å². The van der Waals surface area contributed by atoms with Crippen LogP contribution in [0.25, 0.3) is 10.2 Å². The number of hydrogen-bond donors (Lipinski definition) is 0. The third-order valence-electron chi connectivity index (χ3n) is 5.33. The van der Waals surface area contributed by atoms with Crippen LogP contribution < -0.4 is 9.64 Å². The van der Waals surface area contributed by atoms with Crippen LogP contribution in [0.15, 0.2) is 36.4 Å². The highest BCUT2D eigenvalue weighted by atomic mass is 32.1. The summed E-state index contributed by atoms with van der Waals surface area (Å²) in [6.45, 7) is 11.1. The lowest BCUT2D eigenvalue weighted by Crippen LogP contribution is -2.41. The molecule has 1 heterocycles. The van der Waals surface area contributed by atoms with Crippen LogP contribution in [0.4, 0.5) is 9.52 Å². The van der Waals surface area contributed by atoms with Crippen molar-refractivity contribution in [3.8, 4) is 5.75 Å². The highest BCUT2D eigenvalue weighted by Gasteiger charge is 2.22. The second kappa shape index (κ2) is 10.00. The number of hydrogen-bond acceptors (Lipinski definition) is 5. The van der Waals surface area contributed by atoms with E-state index in [-0.39, 0.29) is 18.3 Å². The average molecular weight is 430 g/mol. The molecule has 1 amide bonds. The zero-order valence-electron chi connectivity index (χ0n) is 17.9. The van der Waals surface area contributed by atoms with Gasteiger partial charge >= 0.3 is 0 Å². The van der Waals surface area contributed by atoms with Gasteiger partial charge in [-0.1, -0.05) is 43.4 Å². The maximum absolute atomic E-state index is 13.9. The number of thiazole rings is 1. The van der Waals surface area contributed by atoms with Crippen molar-refractivity contribution >= 4 is 32.6 Å². The van der Waals surface area contributed by atoms with Crippen molar-refractivity contribution in [3.05, 3.63) is 53.3 Å². The molecular weight excluding hydrogens is 401 g/mol. The molecule has 7 heteroatoms. The molecule has 0 atom stereocenters. The summed E-state index contributed by atoms with van der Waals surface area (Å²) in [7, 11) is 0. The van der Waals surface area contributed by atoms with E-state index in [4.69, 9.17) is 9.72 Å². The highest BCUT2D eigenvalue weighted by molar-refractivity contribution is 7.22. The van der Waals surface area contributed by atoms with Gasteiger partial charge in [0.2, 0.25) is 0 Å². The van der Waals surface area contributed by atoms with Crippen molar-refractivity contribution in [2.24, 2.45) is 0 Å². The number of carbonyl (C=O) groups is 1. The fourth-order valence-corrected chi connectivity index (χ4v) is 4.29. The SMILES string of the molecule is CCN(CC)CCN(C(=O)COc1ccccc1F)c1nc2c(C)c(C)ccc2s1. The van der Waals surface area contributed by atoms with Crippen molar-refractivity contribution in [2.75, 3.05) is 37.7 Å². The number of amides is 1. The molecule has 0 spiro atoms. The molecule has 0 unspecified atom stereocenters. The topological polar surface area (TPSA) is 45.7 Å². The lowest BCUT2D eigenvalue weighted by atomic mass is 10.1. The summed E-state index contributed by atoms with van der Waals surface area (Å²) in [6, 6.07) is 10.2. The molecule has 2 aromatic carbocycles. The van der Waals surface area contributed by atoms with Crippen LogP contribution in [0.1, 0.15) is 25.0 Å². The van der Waals surface area contributed by atoms with Crippen LogP contribution in [-0.2, 0) is 4.79 Å². The molecule has 0 saturated heterocycles. The number of carbonyl (C=O) groups excluding carboxylic acids is 1. The Hall–Kier alpha value is -2.51. The third kappa shape index (κ3) is 4.96. The first-order chi connectivity index (χ1) is 14.4. The molecule has 3 aromatic rings. The van der Waals surface area contributed by atoms with E-state index < -0.39 is 5.82 Å². The smallest absolute Gasteiger partial charge is 0.266 e. The summed E-state index contributed by atoms with van der Waals surface area (Å²) in [4.78, 5) is 21.8. The summed E-state index contributed by atoms with van der Waals surface area (Å²) < 4.78 is 20.4. The van der Waals surface area contributed by atoms with E-state index in [1.165, 1.54) is 29.0 Å². The number of fused-ring (bicyclic) bond motifs is 1. The van der Waals surface area contributed by atoms with E-state index in [1.807, 2.05) is 13.0 Å². The molecule has 3 rings (SSSR count). The van der Waals surface area contributed by atoms with E-state index >= 15 is 0 Å². The van der Waals surface area contributed by atoms with Crippen molar-refractivity contribution in [1.29, 1.82) is 0 Å². The van der Waals surface area contributed by atoms with Gasteiger partial charge in [0.25, 0.3) is 5.91 Å². The number of ether oxygens (including phenoxy) is 1. The van der Waals surface area contributed by atoms with Gasteiger partial charge in [-0.2, -0.15) is 0 Å². The fraction of sp³-hybridized carbons (Fsp3) is 0.391. The molecule has 5 nitrogen and oxygen atoms in total. The first kappa shape index (κ1) is 22.2. The summed E-state index contributed by atoms with van der Waals surface area (Å²) in [5.41, 5.74) is 3.21. The van der Waals surface area contributed by atoms with Gasteiger partial charge in [0.15, 0.2) is 23.3 Å². The lowest BCUT2D eigenvalue weighted by Gasteiger charge is -2.24. The second-order valence-electron chi connectivity index (χ2n) is 7.14. The maximum atomic E-state index is 13.9. The summed E-state index contributed by atoms with van der Waals surface area (Å²) in [5, 5.41) is 0.646. The predicted molar refractivity (Wildman–Crippen MR) is 121 cm³/mol. The van der Waals surface area contributed by atoms with Crippen LogP contribution in [0.5, 0.6) is 5.75 Å². The van der Waals surface area contributed by atoms with Crippen molar-refractivity contribution < 1.29 is 13.9 Å². The molecule has 160 valence electrons.